The number of hydrogen-bond donors (Lipinski definition) is 0. The maximum absolute atomic E-state index is 12.4. The van der Waals surface area contributed by atoms with E-state index in [-0.39, 0.29) is 12.0 Å². The number of halogens is 3. The fraction of sp³-hybridized carbons (Fsp3) is 0.417. The molecule has 1 aromatic carbocycles. The second kappa shape index (κ2) is 6.37. The van der Waals surface area contributed by atoms with Crippen LogP contribution < -0.4 is 0 Å². The van der Waals surface area contributed by atoms with E-state index >= 15 is 0 Å². The molecule has 18 heavy (non-hydrogen) atoms. The third-order valence-corrected chi connectivity index (χ3v) is 4.30. The number of alkyl halides is 1. The van der Waals surface area contributed by atoms with E-state index in [9.17, 15) is 4.79 Å². The van der Waals surface area contributed by atoms with Crippen molar-refractivity contribution in [3.63, 3.8) is 0 Å². The van der Waals surface area contributed by atoms with Gasteiger partial charge < -0.3 is 9.64 Å². The molecule has 2 rings (SSSR count). The molecule has 1 aromatic rings. The normalized spacial score (nSPS) is 19.9. The van der Waals surface area contributed by atoms with Gasteiger partial charge in [0, 0.05) is 22.9 Å². The highest BCUT2D eigenvalue weighted by Crippen LogP contribution is 2.23. The highest BCUT2D eigenvalue weighted by Gasteiger charge is 2.25. The Morgan fingerprint density at radius 3 is 3.06 bits per heavy atom. The van der Waals surface area contributed by atoms with Crippen LogP contribution in [0.3, 0.4) is 0 Å². The van der Waals surface area contributed by atoms with Crippen LogP contribution in [0.25, 0.3) is 0 Å². The first-order chi connectivity index (χ1) is 8.61. The first kappa shape index (κ1) is 14.3. The van der Waals surface area contributed by atoms with E-state index in [1.807, 2.05) is 6.07 Å². The number of rotatable bonds is 2. The number of amides is 1. The van der Waals surface area contributed by atoms with Gasteiger partial charge in [-0.3, -0.25) is 4.79 Å². The van der Waals surface area contributed by atoms with Crippen molar-refractivity contribution in [1.29, 1.82) is 0 Å². The van der Waals surface area contributed by atoms with Crippen molar-refractivity contribution in [2.75, 3.05) is 25.0 Å². The fourth-order valence-electron chi connectivity index (χ4n) is 1.83. The number of ether oxygens (including phenoxy) is 1. The largest absolute Gasteiger partial charge is 0.374 e. The summed E-state index contributed by atoms with van der Waals surface area (Å²) < 4.78 is 6.36. The Morgan fingerprint density at radius 1 is 1.56 bits per heavy atom. The molecular formula is C12H12Br2ClNO2. The lowest BCUT2D eigenvalue weighted by atomic mass is 10.1. The molecule has 1 saturated heterocycles. The topological polar surface area (TPSA) is 29.5 Å². The average Bonchev–Trinajstić information content (AvgIpc) is 2.41. The number of nitrogens with zero attached hydrogens (tertiary/aromatic N) is 1. The molecule has 0 aliphatic carbocycles. The zero-order valence-corrected chi connectivity index (χ0v) is 13.5. The summed E-state index contributed by atoms with van der Waals surface area (Å²) in [5.41, 5.74) is 0.529. The number of hydrogen-bond acceptors (Lipinski definition) is 2. The second-order valence-corrected chi connectivity index (χ2v) is 5.99. The zero-order chi connectivity index (χ0) is 13.1. The van der Waals surface area contributed by atoms with Gasteiger partial charge in [0.25, 0.3) is 5.91 Å². The monoisotopic (exact) mass is 395 g/mol. The molecule has 1 fully saturated rings. The van der Waals surface area contributed by atoms with E-state index in [1.54, 1.807) is 17.0 Å². The molecule has 98 valence electrons. The quantitative estimate of drug-likeness (QED) is 0.717. The summed E-state index contributed by atoms with van der Waals surface area (Å²) in [4.78, 5) is 14.2. The summed E-state index contributed by atoms with van der Waals surface area (Å²) >= 11 is 12.8. The molecular weight excluding hydrogens is 385 g/mol. The van der Waals surface area contributed by atoms with Crippen LogP contribution in [0.4, 0.5) is 0 Å². The average molecular weight is 397 g/mol. The van der Waals surface area contributed by atoms with Crippen molar-refractivity contribution in [2.24, 2.45) is 0 Å². The minimum Gasteiger partial charge on any atom is -0.374 e. The molecule has 3 nitrogen and oxygen atoms in total. The molecule has 0 aromatic heterocycles. The van der Waals surface area contributed by atoms with Crippen molar-refractivity contribution in [1.82, 2.24) is 4.90 Å². The van der Waals surface area contributed by atoms with Gasteiger partial charge in [-0.25, -0.2) is 0 Å². The van der Waals surface area contributed by atoms with Gasteiger partial charge in [-0.05, 0) is 18.2 Å². The first-order valence-corrected chi connectivity index (χ1v) is 7.83. The Balaban J connectivity index is 2.17. The minimum absolute atomic E-state index is 0.0458. The molecule has 0 spiro atoms. The molecule has 0 bridgehead atoms. The summed E-state index contributed by atoms with van der Waals surface area (Å²) in [5.74, 6) is -0.0458. The smallest absolute Gasteiger partial charge is 0.255 e. The van der Waals surface area contributed by atoms with Crippen molar-refractivity contribution in [2.45, 2.75) is 6.10 Å². The van der Waals surface area contributed by atoms with Crippen LogP contribution in [0.2, 0.25) is 5.02 Å². The first-order valence-electron chi connectivity index (χ1n) is 5.53. The predicted octanol–water partition coefficient (Wildman–Crippen LogP) is 3.34. The predicted molar refractivity (Wildman–Crippen MR) is 78.6 cm³/mol. The molecule has 0 radical (unpaired) electrons. The lowest BCUT2D eigenvalue weighted by molar-refractivity contribution is -0.00964. The van der Waals surface area contributed by atoms with Gasteiger partial charge in [0.2, 0.25) is 0 Å². The van der Waals surface area contributed by atoms with E-state index in [4.69, 9.17) is 16.3 Å². The zero-order valence-electron chi connectivity index (χ0n) is 9.54. The van der Waals surface area contributed by atoms with Crippen LogP contribution in [0, 0.1) is 0 Å². The van der Waals surface area contributed by atoms with Gasteiger partial charge >= 0.3 is 0 Å². The van der Waals surface area contributed by atoms with Gasteiger partial charge in [0.05, 0.1) is 23.3 Å². The second-order valence-electron chi connectivity index (χ2n) is 4.02. The Kier molecular flexibility index (Phi) is 5.06. The van der Waals surface area contributed by atoms with Gasteiger partial charge in [0.15, 0.2) is 0 Å². The Bertz CT molecular complexity index is 456. The fourth-order valence-corrected chi connectivity index (χ4v) is 2.78. The van der Waals surface area contributed by atoms with E-state index in [0.717, 1.165) is 9.80 Å². The van der Waals surface area contributed by atoms with E-state index in [0.29, 0.717) is 30.3 Å². The Hall–Kier alpha value is -0.100. The lowest BCUT2D eigenvalue weighted by Gasteiger charge is -2.32. The molecule has 1 amide bonds. The van der Waals surface area contributed by atoms with Crippen LogP contribution in [0.1, 0.15) is 10.4 Å². The molecule has 1 aliphatic rings. The highest BCUT2D eigenvalue weighted by atomic mass is 79.9. The Morgan fingerprint density at radius 2 is 2.33 bits per heavy atom. The van der Waals surface area contributed by atoms with Crippen LogP contribution >= 0.6 is 43.5 Å². The summed E-state index contributed by atoms with van der Waals surface area (Å²) in [5, 5.41) is 1.20. The molecule has 1 unspecified atom stereocenters. The number of carbonyl (C=O) groups excluding carboxylic acids is 1. The summed E-state index contributed by atoms with van der Waals surface area (Å²) in [6, 6.07) is 5.30. The third-order valence-electron chi connectivity index (χ3n) is 2.76. The number of morpholine rings is 1. The molecule has 1 aliphatic heterocycles. The SMILES string of the molecule is O=C(c1cc(Br)ccc1Cl)N1CCOC(CBr)C1. The summed E-state index contributed by atoms with van der Waals surface area (Å²) in [6.45, 7) is 1.76. The maximum Gasteiger partial charge on any atom is 0.255 e. The summed E-state index contributed by atoms with van der Waals surface area (Å²) in [6.07, 6.45) is 0.0497. The van der Waals surface area contributed by atoms with Gasteiger partial charge in [-0.2, -0.15) is 0 Å². The van der Waals surface area contributed by atoms with Gasteiger partial charge in [-0.15, -0.1) is 0 Å². The Labute approximate surface area is 128 Å². The van der Waals surface area contributed by atoms with Crippen molar-refractivity contribution in [3.05, 3.63) is 33.3 Å². The maximum atomic E-state index is 12.4. The van der Waals surface area contributed by atoms with Crippen molar-refractivity contribution < 1.29 is 9.53 Å². The van der Waals surface area contributed by atoms with Gasteiger partial charge in [-0.1, -0.05) is 43.5 Å². The minimum atomic E-state index is -0.0458. The summed E-state index contributed by atoms with van der Waals surface area (Å²) in [7, 11) is 0. The molecule has 0 saturated carbocycles. The van der Waals surface area contributed by atoms with Crippen LogP contribution in [-0.2, 0) is 4.74 Å². The van der Waals surface area contributed by atoms with Crippen LogP contribution in [0.15, 0.2) is 22.7 Å². The van der Waals surface area contributed by atoms with E-state index in [1.165, 1.54) is 0 Å². The number of carbonyl (C=O) groups is 1. The highest BCUT2D eigenvalue weighted by molar-refractivity contribution is 9.10. The molecule has 1 heterocycles. The van der Waals surface area contributed by atoms with E-state index < -0.39 is 0 Å². The van der Waals surface area contributed by atoms with Crippen LogP contribution in [-0.4, -0.2) is 41.9 Å². The van der Waals surface area contributed by atoms with Gasteiger partial charge in [0.1, 0.15) is 0 Å². The standard InChI is InChI=1S/C12H12Br2ClNO2/c13-6-9-7-16(3-4-18-9)12(17)10-5-8(14)1-2-11(10)15/h1-2,5,9H,3-4,6-7H2. The number of benzene rings is 1. The lowest BCUT2D eigenvalue weighted by Crippen LogP contribution is -2.46. The van der Waals surface area contributed by atoms with Crippen LogP contribution in [0.5, 0.6) is 0 Å². The molecule has 6 heteroatoms. The molecule has 0 N–H and O–H groups in total. The molecule has 1 atom stereocenters. The van der Waals surface area contributed by atoms with Crippen molar-refractivity contribution >= 4 is 49.4 Å². The van der Waals surface area contributed by atoms with Crippen molar-refractivity contribution in [3.8, 4) is 0 Å². The van der Waals surface area contributed by atoms with E-state index in [2.05, 4.69) is 31.9 Å². The third kappa shape index (κ3) is 3.26.